The Hall–Kier alpha value is -4.56. The number of benzene rings is 6. The van der Waals surface area contributed by atoms with E-state index in [-0.39, 0.29) is 23.4 Å². The van der Waals surface area contributed by atoms with Crippen molar-refractivity contribution in [2.24, 2.45) is 0 Å². The van der Waals surface area contributed by atoms with Crippen LogP contribution in [0.4, 0.5) is 0 Å². The summed E-state index contributed by atoms with van der Waals surface area (Å²) in [5.74, 6) is 4.75. The van der Waals surface area contributed by atoms with E-state index >= 15 is 0 Å². The standard InChI is InChI=1S/C54H60Br2O5/c1-51(2,3)60-47-29-27-39(35-45(47)55)53(7,8)49(33-37-19-17-25-43(31-37)57-41-21-13-11-14-22-41)59-50(34-38-20-18-26-44(32-38)58-42-23-15-12-16-24-42)54(9,10)40-28-30-48(46(56)36-40)61-52(4,5)6/h11-32,35-36,49-50H,33-34H2,1-10H3. The van der Waals surface area contributed by atoms with Gasteiger partial charge in [0.15, 0.2) is 0 Å². The van der Waals surface area contributed by atoms with Crippen LogP contribution >= 0.6 is 31.9 Å². The van der Waals surface area contributed by atoms with Gasteiger partial charge < -0.3 is 23.7 Å². The van der Waals surface area contributed by atoms with E-state index in [9.17, 15) is 0 Å². The van der Waals surface area contributed by atoms with Gasteiger partial charge in [-0.1, -0.05) is 100 Å². The van der Waals surface area contributed by atoms with E-state index in [1.54, 1.807) is 0 Å². The van der Waals surface area contributed by atoms with Crippen molar-refractivity contribution < 1.29 is 23.7 Å². The zero-order valence-corrected chi connectivity index (χ0v) is 40.4. The van der Waals surface area contributed by atoms with Gasteiger partial charge in [-0.2, -0.15) is 0 Å². The molecule has 0 radical (unpaired) electrons. The molecule has 0 aromatic heterocycles. The van der Waals surface area contributed by atoms with Crippen LogP contribution in [0.3, 0.4) is 0 Å². The first-order valence-corrected chi connectivity index (χ1v) is 22.6. The van der Waals surface area contributed by atoms with Crippen molar-refractivity contribution in [1.82, 2.24) is 0 Å². The lowest BCUT2D eigenvalue weighted by molar-refractivity contribution is -0.0753. The Balaban J connectivity index is 1.43. The fourth-order valence-electron chi connectivity index (χ4n) is 7.29. The Morgan fingerprint density at radius 3 is 1.11 bits per heavy atom. The van der Waals surface area contributed by atoms with Crippen LogP contribution in [0.5, 0.6) is 34.5 Å². The average molecular weight is 949 g/mol. The summed E-state index contributed by atoms with van der Waals surface area (Å²) >= 11 is 7.72. The topological polar surface area (TPSA) is 46.2 Å². The van der Waals surface area contributed by atoms with Crippen LogP contribution < -0.4 is 18.9 Å². The second kappa shape index (κ2) is 19.2. The summed E-state index contributed by atoms with van der Waals surface area (Å²) in [6.07, 6.45) is 0.673. The number of hydrogen-bond donors (Lipinski definition) is 0. The molecule has 2 atom stereocenters. The molecule has 6 aromatic carbocycles. The molecule has 0 N–H and O–H groups in total. The average Bonchev–Trinajstić information content (AvgIpc) is 3.19. The third kappa shape index (κ3) is 12.7. The highest BCUT2D eigenvalue weighted by molar-refractivity contribution is 9.11. The Labute approximate surface area is 381 Å². The third-order valence-electron chi connectivity index (χ3n) is 10.7. The lowest BCUT2D eigenvalue weighted by atomic mass is 9.74. The van der Waals surface area contributed by atoms with E-state index in [0.29, 0.717) is 12.8 Å². The number of ether oxygens (including phenoxy) is 5. The molecule has 0 saturated heterocycles. The van der Waals surface area contributed by atoms with Gasteiger partial charge in [0.05, 0.1) is 21.2 Å². The van der Waals surface area contributed by atoms with Crippen LogP contribution in [0.2, 0.25) is 0 Å². The zero-order valence-electron chi connectivity index (χ0n) is 37.2. The van der Waals surface area contributed by atoms with Crippen molar-refractivity contribution in [3.05, 3.63) is 177 Å². The van der Waals surface area contributed by atoms with Gasteiger partial charge in [-0.05, 0) is 181 Å². The summed E-state index contributed by atoms with van der Waals surface area (Å²) in [6.45, 7) is 21.5. The molecule has 2 unspecified atom stereocenters. The van der Waals surface area contributed by atoms with E-state index in [1.807, 2.05) is 72.8 Å². The minimum absolute atomic E-state index is 0.291. The predicted octanol–water partition coefficient (Wildman–Crippen LogP) is 15.6. The summed E-state index contributed by atoms with van der Waals surface area (Å²) in [5, 5.41) is 0. The van der Waals surface area contributed by atoms with Crippen LogP contribution in [0.1, 0.15) is 91.5 Å². The number of halogens is 2. The Morgan fingerprint density at radius 2 is 0.770 bits per heavy atom. The minimum Gasteiger partial charge on any atom is -0.487 e. The maximum atomic E-state index is 7.74. The lowest BCUT2D eigenvalue weighted by Crippen LogP contribution is -2.46. The van der Waals surface area contributed by atoms with Gasteiger partial charge in [-0.15, -0.1) is 0 Å². The molecule has 320 valence electrons. The number of hydrogen-bond acceptors (Lipinski definition) is 5. The van der Waals surface area contributed by atoms with Crippen molar-refractivity contribution in [3.63, 3.8) is 0 Å². The molecule has 0 bridgehead atoms. The molecule has 6 rings (SSSR count). The number of para-hydroxylation sites is 2. The second-order valence-electron chi connectivity index (χ2n) is 18.8. The van der Waals surface area contributed by atoms with Crippen molar-refractivity contribution in [2.45, 2.75) is 116 Å². The second-order valence-corrected chi connectivity index (χ2v) is 20.5. The molecule has 61 heavy (non-hydrogen) atoms. The van der Waals surface area contributed by atoms with Crippen LogP contribution in [0.25, 0.3) is 0 Å². The first-order valence-electron chi connectivity index (χ1n) is 21.0. The van der Waals surface area contributed by atoms with E-state index in [4.69, 9.17) is 23.7 Å². The summed E-state index contributed by atoms with van der Waals surface area (Å²) in [6, 6.07) is 49.4. The smallest absolute Gasteiger partial charge is 0.134 e. The zero-order chi connectivity index (χ0) is 44.0. The molecule has 5 nitrogen and oxygen atoms in total. The van der Waals surface area contributed by atoms with Gasteiger partial charge >= 0.3 is 0 Å². The first kappa shape index (κ1) is 46.0. The fourth-order valence-corrected chi connectivity index (χ4v) is 8.21. The predicted molar refractivity (Wildman–Crippen MR) is 257 cm³/mol. The van der Waals surface area contributed by atoms with Crippen LogP contribution in [-0.4, -0.2) is 23.4 Å². The van der Waals surface area contributed by atoms with Gasteiger partial charge in [-0.25, -0.2) is 0 Å². The summed E-state index contributed by atoms with van der Waals surface area (Å²) in [7, 11) is 0. The molecule has 0 aliphatic rings. The maximum Gasteiger partial charge on any atom is 0.134 e. The Bertz CT molecular complexity index is 2190. The van der Waals surface area contributed by atoms with Gasteiger partial charge in [0, 0.05) is 10.8 Å². The molecule has 0 aliphatic carbocycles. The van der Waals surface area contributed by atoms with Crippen molar-refractivity contribution in [2.75, 3.05) is 0 Å². The van der Waals surface area contributed by atoms with Gasteiger partial charge in [0.25, 0.3) is 0 Å². The SMILES string of the molecule is CC(C)(C)Oc1ccc(C(C)(C)C(Cc2cccc(Oc3ccccc3)c2)OC(Cc2cccc(Oc3ccccc3)c2)C(C)(C)c2ccc(OC(C)(C)C)c(Br)c2)cc1Br. The summed E-state index contributed by atoms with van der Waals surface area (Å²) < 4.78 is 34.8. The molecule has 0 amide bonds. The molecule has 7 heteroatoms. The van der Waals surface area contributed by atoms with E-state index in [2.05, 4.69) is 174 Å². The molecule has 0 spiro atoms. The highest BCUT2D eigenvalue weighted by atomic mass is 79.9. The Kier molecular flexibility index (Phi) is 14.5. The van der Waals surface area contributed by atoms with Gasteiger partial charge in [-0.3, -0.25) is 0 Å². The Morgan fingerprint density at radius 1 is 0.410 bits per heavy atom. The highest BCUT2D eigenvalue weighted by Gasteiger charge is 2.40. The molecule has 6 aromatic rings. The third-order valence-corrected chi connectivity index (χ3v) is 12.0. The first-order chi connectivity index (χ1) is 28.7. The normalized spacial score (nSPS) is 13.3. The van der Waals surface area contributed by atoms with Crippen molar-refractivity contribution in [1.29, 1.82) is 0 Å². The van der Waals surface area contributed by atoms with E-state index in [1.165, 1.54) is 0 Å². The van der Waals surface area contributed by atoms with Crippen LogP contribution in [-0.2, 0) is 28.4 Å². The molecule has 0 heterocycles. The number of rotatable bonds is 16. The van der Waals surface area contributed by atoms with E-state index in [0.717, 1.165) is 65.7 Å². The lowest BCUT2D eigenvalue weighted by Gasteiger charge is -2.43. The van der Waals surface area contributed by atoms with Gasteiger partial charge in [0.2, 0.25) is 0 Å². The quantitative estimate of drug-likeness (QED) is 0.0967. The molecule has 0 fully saturated rings. The van der Waals surface area contributed by atoms with E-state index < -0.39 is 10.8 Å². The van der Waals surface area contributed by atoms with Gasteiger partial charge in [0.1, 0.15) is 45.7 Å². The monoisotopic (exact) mass is 946 g/mol. The summed E-state index contributed by atoms with van der Waals surface area (Å²) in [5.41, 5.74) is 2.84. The van der Waals surface area contributed by atoms with Crippen LogP contribution in [0, 0.1) is 0 Å². The molecule has 0 aliphatic heterocycles. The molecular weight excluding hydrogens is 888 g/mol. The van der Waals surface area contributed by atoms with Crippen LogP contribution in [0.15, 0.2) is 155 Å². The largest absolute Gasteiger partial charge is 0.487 e. The molecule has 0 saturated carbocycles. The molecular formula is C54H60Br2O5. The highest BCUT2D eigenvalue weighted by Crippen LogP contribution is 2.42. The van der Waals surface area contributed by atoms with Crippen molar-refractivity contribution in [3.8, 4) is 34.5 Å². The summed E-state index contributed by atoms with van der Waals surface area (Å²) in [4.78, 5) is 0. The minimum atomic E-state index is -0.476. The fraction of sp³-hybridized carbons (Fsp3) is 0.333. The maximum absolute atomic E-state index is 7.74. The van der Waals surface area contributed by atoms with Crippen molar-refractivity contribution >= 4 is 31.9 Å².